The van der Waals surface area contributed by atoms with Crippen LogP contribution in [0.4, 0.5) is 10.5 Å². The fraction of sp³-hybridized carbons (Fsp3) is 0.105. The number of urea groups is 1. The molecule has 0 saturated carbocycles. The lowest BCUT2D eigenvalue weighted by molar-refractivity contribution is 0.252. The van der Waals surface area contributed by atoms with E-state index in [0.717, 1.165) is 22.0 Å². The molecule has 0 aromatic heterocycles. The number of rotatable bonds is 4. The number of carbonyl (C=O) groups is 1. The first-order valence-corrected chi connectivity index (χ1v) is 7.53. The molecule has 3 aromatic carbocycles. The van der Waals surface area contributed by atoms with Gasteiger partial charge in [0.1, 0.15) is 5.75 Å². The lowest BCUT2D eigenvalue weighted by atomic mass is 10.1. The normalized spacial score (nSPS) is 10.4. The Hall–Kier alpha value is -3.01. The molecule has 0 atom stereocenters. The van der Waals surface area contributed by atoms with Gasteiger partial charge in [-0.15, -0.1) is 0 Å². The second-order valence-electron chi connectivity index (χ2n) is 5.32. The van der Waals surface area contributed by atoms with E-state index in [1.807, 2.05) is 54.6 Å². The maximum absolute atomic E-state index is 12.0. The Balaban J connectivity index is 1.57. The van der Waals surface area contributed by atoms with E-state index in [-0.39, 0.29) is 11.8 Å². The Morgan fingerprint density at radius 1 is 0.913 bits per heavy atom. The van der Waals surface area contributed by atoms with Crippen LogP contribution in [0.15, 0.2) is 66.7 Å². The van der Waals surface area contributed by atoms with Gasteiger partial charge in [0.2, 0.25) is 0 Å². The predicted octanol–water partition coefficient (Wildman–Crippen LogP) is 3.91. The number of fused-ring (bicyclic) bond motifs is 1. The van der Waals surface area contributed by atoms with E-state index in [1.54, 1.807) is 12.1 Å². The second kappa shape index (κ2) is 6.83. The van der Waals surface area contributed by atoms with Crippen LogP contribution in [0.1, 0.15) is 5.56 Å². The Bertz CT molecular complexity index is 808. The van der Waals surface area contributed by atoms with E-state index >= 15 is 0 Å². The highest BCUT2D eigenvalue weighted by molar-refractivity contribution is 6.01. The second-order valence-corrected chi connectivity index (χ2v) is 5.32. The third-order valence-corrected chi connectivity index (χ3v) is 3.67. The molecule has 0 fully saturated rings. The number of hydrogen-bond acceptors (Lipinski definition) is 2. The van der Waals surface area contributed by atoms with Gasteiger partial charge < -0.3 is 15.7 Å². The number of phenolic OH excluding ortho intramolecular Hbond substituents is 1. The fourth-order valence-corrected chi connectivity index (χ4v) is 2.48. The Labute approximate surface area is 134 Å². The van der Waals surface area contributed by atoms with Crippen LogP contribution in [-0.4, -0.2) is 17.7 Å². The molecule has 0 unspecified atom stereocenters. The Morgan fingerprint density at radius 2 is 1.65 bits per heavy atom. The molecule has 3 aromatic rings. The van der Waals surface area contributed by atoms with Crippen molar-refractivity contribution in [2.45, 2.75) is 6.42 Å². The summed E-state index contributed by atoms with van der Waals surface area (Å²) in [5, 5.41) is 17.1. The number of carbonyl (C=O) groups excluding carboxylic acids is 1. The number of aromatic hydroxyl groups is 1. The van der Waals surface area contributed by atoms with Crippen molar-refractivity contribution >= 4 is 22.5 Å². The minimum Gasteiger partial charge on any atom is -0.508 e. The Morgan fingerprint density at radius 3 is 2.48 bits per heavy atom. The monoisotopic (exact) mass is 306 g/mol. The molecule has 4 nitrogen and oxygen atoms in total. The van der Waals surface area contributed by atoms with Crippen molar-refractivity contribution in [1.82, 2.24) is 5.32 Å². The summed E-state index contributed by atoms with van der Waals surface area (Å²) >= 11 is 0. The molecule has 0 aliphatic rings. The van der Waals surface area contributed by atoms with E-state index in [4.69, 9.17) is 0 Å². The zero-order valence-electron chi connectivity index (χ0n) is 12.6. The van der Waals surface area contributed by atoms with Crippen LogP contribution in [0.5, 0.6) is 5.75 Å². The minimum absolute atomic E-state index is 0.222. The van der Waals surface area contributed by atoms with Crippen molar-refractivity contribution < 1.29 is 9.90 Å². The predicted molar refractivity (Wildman–Crippen MR) is 92.8 cm³/mol. The Kier molecular flexibility index (Phi) is 4.43. The molecule has 4 heteroatoms. The van der Waals surface area contributed by atoms with Gasteiger partial charge >= 0.3 is 6.03 Å². The van der Waals surface area contributed by atoms with Gasteiger partial charge in [-0.2, -0.15) is 0 Å². The molecule has 0 heterocycles. The molecule has 0 radical (unpaired) electrons. The number of phenols is 1. The summed E-state index contributed by atoms with van der Waals surface area (Å²) in [4.78, 5) is 12.0. The van der Waals surface area contributed by atoms with E-state index in [9.17, 15) is 9.90 Å². The molecular weight excluding hydrogens is 288 g/mol. The SMILES string of the molecule is O=C(NCCc1ccc(O)cc1)Nc1cccc2ccccc12. The minimum atomic E-state index is -0.222. The van der Waals surface area contributed by atoms with Crippen LogP contribution in [-0.2, 0) is 6.42 Å². The average molecular weight is 306 g/mol. The molecule has 0 aliphatic carbocycles. The van der Waals surface area contributed by atoms with Crippen LogP contribution >= 0.6 is 0 Å². The third-order valence-electron chi connectivity index (χ3n) is 3.67. The van der Waals surface area contributed by atoms with Crippen molar-refractivity contribution in [3.05, 3.63) is 72.3 Å². The highest BCUT2D eigenvalue weighted by atomic mass is 16.3. The molecule has 0 spiro atoms. The summed E-state index contributed by atoms with van der Waals surface area (Å²) in [6.45, 7) is 0.529. The summed E-state index contributed by atoms with van der Waals surface area (Å²) < 4.78 is 0. The van der Waals surface area contributed by atoms with Crippen LogP contribution in [0.25, 0.3) is 10.8 Å². The van der Waals surface area contributed by atoms with Crippen molar-refractivity contribution in [3.8, 4) is 5.75 Å². The first-order valence-electron chi connectivity index (χ1n) is 7.53. The lowest BCUT2D eigenvalue weighted by Gasteiger charge is -2.10. The first kappa shape index (κ1) is 14.9. The van der Waals surface area contributed by atoms with Gasteiger partial charge in [0, 0.05) is 11.9 Å². The molecule has 0 aliphatic heterocycles. The van der Waals surface area contributed by atoms with Gasteiger partial charge in [0.25, 0.3) is 0 Å². The van der Waals surface area contributed by atoms with Crippen LogP contribution in [0.2, 0.25) is 0 Å². The van der Waals surface area contributed by atoms with Crippen molar-refractivity contribution in [1.29, 1.82) is 0 Å². The highest BCUT2D eigenvalue weighted by Crippen LogP contribution is 2.22. The highest BCUT2D eigenvalue weighted by Gasteiger charge is 2.04. The summed E-state index contributed by atoms with van der Waals surface area (Å²) in [5.41, 5.74) is 1.86. The molecule has 2 amide bonds. The van der Waals surface area contributed by atoms with Gasteiger partial charge in [-0.3, -0.25) is 0 Å². The standard InChI is InChI=1S/C19H18N2O2/c22-16-10-8-14(9-11-16)12-13-20-19(23)21-18-7-3-5-15-4-1-2-6-17(15)18/h1-11,22H,12-13H2,(H2,20,21,23). The van der Waals surface area contributed by atoms with Crippen LogP contribution in [0.3, 0.4) is 0 Å². The van der Waals surface area contributed by atoms with Gasteiger partial charge in [-0.25, -0.2) is 4.79 Å². The summed E-state index contributed by atoms with van der Waals surface area (Å²) in [6, 6.07) is 20.5. The van der Waals surface area contributed by atoms with Crippen LogP contribution in [0, 0.1) is 0 Å². The van der Waals surface area contributed by atoms with E-state index < -0.39 is 0 Å². The summed E-state index contributed by atoms with van der Waals surface area (Å²) in [6.07, 6.45) is 0.712. The van der Waals surface area contributed by atoms with Gasteiger partial charge in [0.15, 0.2) is 0 Å². The van der Waals surface area contributed by atoms with Gasteiger partial charge in [-0.05, 0) is 35.6 Å². The molecule has 3 N–H and O–H groups in total. The average Bonchev–Trinajstić information content (AvgIpc) is 2.57. The van der Waals surface area contributed by atoms with Crippen molar-refractivity contribution in [3.63, 3.8) is 0 Å². The summed E-state index contributed by atoms with van der Waals surface area (Å²) in [7, 11) is 0. The third kappa shape index (κ3) is 3.80. The number of anilines is 1. The smallest absolute Gasteiger partial charge is 0.319 e. The maximum atomic E-state index is 12.0. The molecule has 0 bridgehead atoms. The molecule has 23 heavy (non-hydrogen) atoms. The number of amides is 2. The zero-order chi connectivity index (χ0) is 16.1. The van der Waals surface area contributed by atoms with E-state index in [1.165, 1.54) is 0 Å². The lowest BCUT2D eigenvalue weighted by Crippen LogP contribution is -2.30. The number of nitrogens with one attached hydrogen (secondary N) is 2. The maximum Gasteiger partial charge on any atom is 0.319 e. The molecule has 3 rings (SSSR count). The summed E-state index contributed by atoms with van der Waals surface area (Å²) in [5.74, 6) is 0.246. The first-order chi connectivity index (χ1) is 11.2. The largest absolute Gasteiger partial charge is 0.508 e. The number of hydrogen-bond donors (Lipinski definition) is 3. The number of benzene rings is 3. The zero-order valence-corrected chi connectivity index (χ0v) is 12.6. The topological polar surface area (TPSA) is 61.4 Å². The molecule has 0 saturated heterocycles. The van der Waals surface area contributed by atoms with Gasteiger partial charge in [-0.1, -0.05) is 48.5 Å². The van der Waals surface area contributed by atoms with Crippen molar-refractivity contribution in [2.24, 2.45) is 0 Å². The van der Waals surface area contributed by atoms with E-state index in [0.29, 0.717) is 13.0 Å². The molecular formula is C19H18N2O2. The van der Waals surface area contributed by atoms with E-state index in [2.05, 4.69) is 10.6 Å². The van der Waals surface area contributed by atoms with Crippen LogP contribution < -0.4 is 10.6 Å². The van der Waals surface area contributed by atoms with Gasteiger partial charge in [0.05, 0.1) is 5.69 Å². The quantitative estimate of drug-likeness (QED) is 0.684. The fourth-order valence-electron chi connectivity index (χ4n) is 2.48. The molecule has 116 valence electrons. The van der Waals surface area contributed by atoms with Crippen molar-refractivity contribution in [2.75, 3.05) is 11.9 Å².